The molecule has 0 aliphatic heterocycles. The number of hydrogen-bond acceptors (Lipinski definition) is 3. The summed E-state index contributed by atoms with van der Waals surface area (Å²) in [7, 11) is 1.37. The van der Waals surface area contributed by atoms with E-state index in [1.54, 1.807) is 6.08 Å². The molecular weight excluding hydrogens is 180 g/mol. The van der Waals surface area contributed by atoms with E-state index in [4.69, 9.17) is 4.74 Å². The Labute approximate surface area is 86.1 Å². The Morgan fingerprint density at radius 3 is 2.36 bits per heavy atom. The first-order valence-corrected chi connectivity index (χ1v) is 4.84. The second-order valence-corrected chi connectivity index (χ2v) is 3.73. The van der Waals surface area contributed by atoms with Crippen molar-refractivity contribution < 1.29 is 14.3 Å². The molecule has 0 aromatic heterocycles. The molecule has 0 rings (SSSR count). The minimum atomic E-state index is -0.470. The Kier molecular flexibility index (Phi) is 6.21. The fourth-order valence-electron chi connectivity index (χ4n) is 0.972. The molecule has 0 aliphatic rings. The van der Waals surface area contributed by atoms with Gasteiger partial charge in [0.1, 0.15) is 0 Å². The maximum atomic E-state index is 11.3. The molecule has 0 spiro atoms. The van der Waals surface area contributed by atoms with Crippen LogP contribution < -0.4 is 0 Å². The average Bonchev–Trinajstić information content (AvgIpc) is 2.16. The van der Waals surface area contributed by atoms with Gasteiger partial charge < -0.3 is 9.47 Å². The van der Waals surface area contributed by atoms with Crippen LogP contribution in [0.3, 0.4) is 0 Å². The summed E-state index contributed by atoms with van der Waals surface area (Å²) in [6.07, 6.45) is 1.33. The van der Waals surface area contributed by atoms with Gasteiger partial charge in [-0.05, 0) is 11.8 Å². The predicted molar refractivity (Wildman–Crippen MR) is 56.0 cm³/mol. The van der Waals surface area contributed by atoms with Gasteiger partial charge in [0.05, 0.1) is 13.7 Å². The largest absolute Gasteiger partial charge is 0.467 e. The van der Waals surface area contributed by atoms with E-state index in [0.29, 0.717) is 6.61 Å². The summed E-state index contributed by atoms with van der Waals surface area (Å²) in [4.78, 5) is 11.3. The smallest absolute Gasteiger partial charge is 0.335 e. The number of carbonyl (C=O) groups excluding carboxylic acids is 1. The lowest BCUT2D eigenvalue weighted by molar-refractivity contribution is -0.157. The van der Waals surface area contributed by atoms with Gasteiger partial charge in [-0.2, -0.15) is 0 Å². The van der Waals surface area contributed by atoms with Crippen LogP contribution in [0.15, 0.2) is 12.7 Å². The summed E-state index contributed by atoms with van der Waals surface area (Å²) in [5, 5.41) is 0. The second-order valence-electron chi connectivity index (χ2n) is 3.73. The molecule has 0 bridgehead atoms. The van der Waals surface area contributed by atoms with Crippen molar-refractivity contribution in [3.63, 3.8) is 0 Å². The Morgan fingerprint density at radius 1 is 1.43 bits per heavy atom. The molecule has 0 radical (unpaired) electrons. The molecule has 0 aliphatic carbocycles. The Hall–Kier alpha value is -0.830. The molecule has 0 amide bonds. The van der Waals surface area contributed by atoms with Crippen molar-refractivity contribution in [1.82, 2.24) is 0 Å². The molecule has 0 saturated carbocycles. The van der Waals surface area contributed by atoms with Crippen LogP contribution in [0.5, 0.6) is 0 Å². The Bertz CT molecular complexity index is 187. The Balaban J connectivity index is 4.10. The van der Waals surface area contributed by atoms with Crippen LogP contribution in [0.2, 0.25) is 0 Å². The van der Waals surface area contributed by atoms with Gasteiger partial charge >= 0.3 is 5.97 Å². The van der Waals surface area contributed by atoms with Crippen molar-refractivity contribution in [2.75, 3.05) is 13.7 Å². The quantitative estimate of drug-likeness (QED) is 0.486. The van der Waals surface area contributed by atoms with Crippen molar-refractivity contribution in [3.8, 4) is 0 Å². The van der Waals surface area contributed by atoms with Crippen LogP contribution in [0.25, 0.3) is 0 Å². The first-order valence-electron chi connectivity index (χ1n) is 4.84. The van der Waals surface area contributed by atoms with E-state index in [0.717, 1.165) is 0 Å². The zero-order valence-corrected chi connectivity index (χ0v) is 9.45. The van der Waals surface area contributed by atoms with E-state index in [1.165, 1.54) is 7.11 Å². The van der Waals surface area contributed by atoms with E-state index < -0.39 is 6.10 Å². The van der Waals surface area contributed by atoms with Crippen molar-refractivity contribution >= 4 is 5.97 Å². The summed E-state index contributed by atoms with van der Waals surface area (Å²) < 4.78 is 10.1. The van der Waals surface area contributed by atoms with Crippen LogP contribution in [-0.2, 0) is 14.3 Å². The first kappa shape index (κ1) is 13.2. The molecule has 0 N–H and O–H groups in total. The van der Waals surface area contributed by atoms with E-state index >= 15 is 0 Å². The highest BCUT2D eigenvalue weighted by Crippen LogP contribution is 2.10. The monoisotopic (exact) mass is 200 g/mol. The van der Waals surface area contributed by atoms with E-state index in [-0.39, 0.29) is 17.8 Å². The van der Waals surface area contributed by atoms with Crippen molar-refractivity contribution in [3.05, 3.63) is 12.7 Å². The molecule has 0 aromatic rings. The molecule has 0 heterocycles. The first-order chi connectivity index (χ1) is 6.52. The maximum Gasteiger partial charge on any atom is 0.335 e. The Morgan fingerprint density at radius 2 is 2.00 bits per heavy atom. The number of hydrogen-bond donors (Lipinski definition) is 0. The van der Waals surface area contributed by atoms with Crippen LogP contribution in [-0.4, -0.2) is 25.8 Å². The van der Waals surface area contributed by atoms with Gasteiger partial charge in [-0.15, -0.1) is 6.58 Å². The van der Waals surface area contributed by atoms with Gasteiger partial charge in [0.15, 0.2) is 6.10 Å². The van der Waals surface area contributed by atoms with Crippen LogP contribution >= 0.6 is 0 Å². The lowest BCUT2D eigenvalue weighted by Crippen LogP contribution is -2.32. The normalized spacial score (nSPS) is 14.9. The number of methoxy groups -OCH3 is 1. The highest BCUT2D eigenvalue weighted by molar-refractivity contribution is 5.74. The van der Waals surface area contributed by atoms with Gasteiger partial charge in [-0.3, -0.25) is 0 Å². The fraction of sp³-hybridized carbons (Fsp3) is 0.727. The zero-order chi connectivity index (χ0) is 11.1. The molecule has 82 valence electrons. The SMILES string of the molecule is C=CC(C)COC(C(=O)OC)C(C)C. The predicted octanol–water partition coefficient (Wildman–Crippen LogP) is 2.02. The van der Waals surface area contributed by atoms with Gasteiger partial charge in [0.2, 0.25) is 0 Å². The summed E-state index contributed by atoms with van der Waals surface area (Å²) in [5.74, 6) is 0.0663. The summed E-state index contributed by atoms with van der Waals surface area (Å²) in [6.45, 7) is 10.0. The molecular formula is C11H20O3. The number of rotatable bonds is 6. The third kappa shape index (κ3) is 4.42. The van der Waals surface area contributed by atoms with Crippen molar-refractivity contribution in [2.24, 2.45) is 11.8 Å². The lowest BCUT2D eigenvalue weighted by atomic mass is 10.1. The zero-order valence-electron chi connectivity index (χ0n) is 9.45. The maximum absolute atomic E-state index is 11.3. The molecule has 0 saturated heterocycles. The number of carbonyl (C=O) groups is 1. The van der Waals surface area contributed by atoms with Gasteiger partial charge in [-0.1, -0.05) is 26.8 Å². The molecule has 0 aromatic carbocycles. The topological polar surface area (TPSA) is 35.5 Å². The molecule has 3 heteroatoms. The standard InChI is InChI=1S/C11H20O3/c1-6-9(4)7-14-10(8(2)3)11(12)13-5/h6,8-10H,1,7H2,2-5H3. The van der Waals surface area contributed by atoms with Crippen molar-refractivity contribution in [2.45, 2.75) is 26.9 Å². The second kappa shape index (κ2) is 6.60. The summed E-state index contributed by atoms with van der Waals surface area (Å²) in [5.41, 5.74) is 0. The lowest BCUT2D eigenvalue weighted by Gasteiger charge is -2.20. The van der Waals surface area contributed by atoms with E-state index in [1.807, 2.05) is 20.8 Å². The minimum absolute atomic E-state index is 0.125. The van der Waals surface area contributed by atoms with Crippen LogP contribution in [0.4, 0.5) is 0 Å². The van der Waals surface area contributed by atoms with Gasteiger partial charge in [0.25, 0.3) is 0 Å². The minimum Gasteiger partial charge on any atom is -0.467 e. The molecule has 14 heavy (non-hydrogen) atoms. The van der Waals surface area contributed by atoms with Gasteiger partial charge in [-0.25, -0.2) is 4.79 Å². The van der Waals surface area contributed by atoms with Crippen LogP contribution in [0, 0.1) is 11.8 Å². The third-order valence-corrected chi connectivity index (χ3v) is 1.98. The van der Waals surface area contributed by atoms with Gasteiger partial charge in [0, 0.05) is 0 Å². The van der Waals surface area contributed by atoms with Crippen molar-refractivity contribution in [1.29, 1.82) is 0 Å². The molecule has 0 fully saturated rings. The van der Waals surface area contributed by atoms with E-state index in [2.05, 4.69) is 11.3 Å². The fourth-order valence-corrected chi connectivity index (χ4v) is 0.972. The number of ether oxygens (including phenoxy) is 2. The third-order valence-electron chi connectivity index (χ3n) is 1.98. The highest BCUT2D eigenvalue weighted by atomic mass is 16.6. The molecule has 3 nitrogen and oxygen atoms in total. The molecule has 2 atom stereocenters. The highest BCUT2D eigenvalue weighted by Gasteiger charge is 2.23. The van der Waals surface area contributed by atoms with E-state index in [9.17, 15) is 4.79 Å². The number of esters is 1. The van der Waals surface area contributed by atoms with Crippen LogP contribution in [0.1, 0.15) is 20.8 Å². The summed E-state index contributed by atoms with van der Waals surface area (Å²) in [6, 6.07) is 0. The average molecular weight is 200 g/mol. The molecule has 2 unspecified atom stereocenters. The summed E-state index contributed by atoms with van der Waals surface area (Å²) >= 11 is 0.